The highest BCUT2D eigenvalue weighted by atomic mass is 16.6. The summed E-state index contributed by atoms with van der Waals surface area (Å²) in [4.78, 5) is 11.9. The van der Waals surface area contributed by atoms with Crippen LogP contribution in [0, 0.1) is 6.92 Å². The molecule has 2 aromatic rings. The molecule has 120 valence electrons. The quantitative estimate of drug-likeness (QED) is 0.921. The van der Waals surface area contributed by atoms with Crippen LogP contribution in [0.2, 0.25) is 0 Å². The molecule has 2 aromatic carbocycles. The molecule has 5 nitrogen and oxygen atoms in total. The highest BCUT2D eigenvalue weighted by Gasteiger charge is 2.12. The summed E-state index contributed by atoms with van der Waals surface area (Å²) in [6, 6.07) is 13.3. The molecule has 1 heterocycles. The molecule has 0 spiro atoms. The Bertz CT molecular complexity index is 699. The molecule has 1 amide bonds. The van der Waals surface area contributed by atoms with Gasteiger partial charge in [0.05, 0.1) is 0 Å². The second-order valence-electron chi connectivity index (χ2n) is 5.36. The number of fused-ring (bicyclic) bond motifs is 1. The van der Waals surface area contributed by atoms with Crippen LogP contribution in [-0.2, 0) is 11.3 Å². The Morgan fingerprint density at radius 2 is 1.96 bits per heavy atom. The van der Waals surface area contributed by atoms with Gasteiger partial charge in [-0.25, -0.2) is 0 Å². The van der Waals surface area contributed by atoms with Gasteiger partial charge in [-0.05, 0) is 42.3 Å². The van der Waals surface area contributed by atoms with Crippen LogP contribution in [0.1, 0.15) is 11.1 Å². The first-order valence-electron chi connectivity index (χ1n) is 7.55. The number of carbonyl (C=O) groups is 1. The zero-order chi connectivity index (χ0) is 16.1. The molecule has 0 saturated heterocycles. The molecule has 0 saturated carbocycles. The number of aryl methyl sites for hydroxylation is 1. The lowest BCUT2D eigenvalue weighted by atomic mass is 10.2. The molecule has 3 rings (SSSR count). The number of hydrogen-bond acceptors (Lipinski definition) is 4. The van der Waals surface area contributed by atoms with Crippen molar-refractivity contribution in [3.63, 3.8) is 0 Å². The van der Waals surface area contributed by atoms with Crippen molar-refractivity contribution in [2.45, 2.75) is 13.5 Å². The first-order chi connectivity index (χ1) is 11.2. The Kier molecular flexibility index (Phi) is 4.66. The SMILES string of the molecule is Cc1cccc(OCC(=O)NCc2ccc3c(c2)OCCO3)c1. The maximum absolute atomic E-state index is 11.9. The Morgan fingerprint density at radius 1 is 1.13 bits per heavy atom. The molecule has 5 heteroatoms. The number of benzene rings is 2. The van der Waals surface area contributed by atoms with E-state index in [1.807, 2.05) is 49.4 Å². The first kappa shape index (κ1) is 15.2. The van der Waals surface area contributed by atoms with Crippen LogP contribution in [0.4, 0.5) is 0 Å². The summed E-state index contributed by atoms with van der Waals surface area (Å²) in [6.45, 7) is 3.52. The van der Waals surface area contributed by atoms with Gasteiger partial charge in [0.15, 0.2) is 18.1 Å². The fourth-order valence-electron chi connectivity index (χ4n) is 2.30. The Morgan fingerprint density at radius 3 is 2.78 bits per heavy atom. The van der Waals surface area contributed by atoms with Gasteiger partial charge in [0.1, 0.15) is 19.0 Å². The number of amides is 1. The lowest BCUT2D eigenvalue weighted by Gasteiger charge is -2.19. The van der Waals surface area contributed by atoms with Gasteiger partial charge in [0.2, 0.25) is 0 Å². The molecule has 23 heavy (non-hydrogen) atoms. The van der Waals surface area contributed by atoms with E-state index in [1.54, 1.807) is 0 Å². The van der Waals surface area contributed by atoms with Gasteiger partial charge >= 0.3 is 0 Å². The zero-order valence-electron chi connectivity index (χ0n) is 13.0. The van der Waals surface area contributed by atoms with Gasteiger partial charge in [0, 0.05) is 6.54 Å². The van der Waals surface area contributed by atoms with Crippen LogP contribution >= 0.6 is 0 Å². The Balaban J connectivity index is 1.49. The second-order valence-corrected chi connectivity index (χ2v) is 5.36. The largest absolute Gasteiger partial charge is 0.486 e. The normalized spacial score (nSPS) is 12.6. The number of rotatable bonds is 5. The van der Waals surface area contributed by atoms with Crippen molar-refractivity contribution in [1.82, 2.24) is 5.32 Å². The third-order valence-corrected chi connectivity index (χ3v) is 3.46. The molecule has 0 radical (unpaired) electrons. The van der Waals surface area contributed by atoms with Gasteiger partial charge in [-0.2, -0.15) is 0 Å². The van der Waals surface area contributed by atoms with Crippen LogP contribution in [0.25, 0.3) is 0 Å². The van der Waals surface area contributed by atoms with Crippen LogP contribution in [0.3, 0.4) is 0 Å². The van der Waals surface area contributed by atoms with Gasteiger partial charge < -0.3 is 19.5 Å². The van der Waals surface area contributed by atoms with Gasteiger partial charge in [-0.1, -0.05) is 18.2 Å². The predicted molar refractivity (Wildman–Crippen MR) is 86.0 cm³/mol. The smallest absolute Gasteiger partial charge is 0.258 e. The Labute approximate surface area is 135 Å². The molecule has 0 aromatic heterocycles. The standard InChI is InChI=1S/C18H19NO4/c1-13-3-2-4-15(9-13)23-12-18(20)19-11-14-5-6-16-17(10-14)22-8-7-21-16/h2-6,9-10H,7-8,11-12H2,1H3,(H,19,20). The van der Waals surface area contributed by atoms with E-state index in [4.69, 9.17) is 14.2 Å². The summed E-state index contributed by atoms with van der Waals surface area (Å²) in [5.41, 5.74) is 2.05. The van der Waals surface area contributed by atoms with Gasteiger partial charge in [-0.3, -0.25) is 4.79 Å². The maximum Gasteiger partial charge on any atom is 0.258 e. The van der Waals surface area contributed by atoms with Crippen molar-refractivity contribution >= 4 is 5.91 Å². The number of ether oxygens (including phenoxy) is 3. The molecule has 1 aliphatic rings. The average molecular weight is 313 g/mol. The summed E-state index contributed by atoms with van der Waals surface area (Å²) in [6.07, 6.45) is 0. The molecule has 0 unspecified atom stereocenters. The van der Waals surface area contributed by atoms with Crippen molar-refractivity contribution in [3.05, 3.63) is 53.6 Å². The molecular weight excluding hydrogens is 294 g/mol. The zero-order valence-corrected chi connectivity index (χ0v) is 13.0. The number of hydrogen-bond donors (Lipinski definition) is 1. The molecule has 1 aliphatic heterocycles. The summed E-state index contributed by atoms with van der Waals surface area (Å²) in [7, 11) is 0. The van der Waals surface area contributed by atoms with Crippen LogP contribution in [0.15, 0.2) is 42.5 Å². The minimum absolute atomic E-state index is 0.00595. The fourth-order valence-corrected chi connectivity index (χ4v) is 2.30. The third-order valence-electron chi connectivity index (χ3n) is 3.46. The molecule has 0 aliphatic carbocycles. The van der Waals surface area contributed by atoms with E-state index in [0.717, 1.165) is 22.6 Å². The molecule has 1 N–H and O–H groups in total. The van der Waals surface area contributed by atoms with Gasteiger partial charge in [-0.15, -0.1) is 0 Å². The highest BCUT2D eigenvalue weighted by molar-refractivity contribution is 5.77. The van der Waals surface area contributed by atoms with Crippen LogP contribution in [-0.4, -0.2) is 25.7 Å². The summed E-state index contributed by atoms with van der Waals surface area (Å²) >= 11 is 0. The first-order valence-corrected chi connectivity index (χ1v) is 7.55. The van der Waals surface area contributed by atoms with Crippen LogP contribution < -0.4 is 19.5 Å². The third kappa shape index (κ3) is 4.16. The lowest BCUT2D eigenvalue weighted by Crippen LogP contribution is -2.28. The summed E-state index contributed by atoms with van der Waals surface area (Å²) < 4.78 is 16.5. The average Bonchev–Trinajstić information content (AvgIpc) is 2.58. The van der Waals surface area contributed by atoms with Crippen molar-refractivity contribution in [3.8, 4) is 17.2 Å². The highest BCUT2D eigenvalue weighted by Crippen LogP contribution is 2.30. The van der Waals surface area contributed by atoms with E-state index < -0.39 is 0 Å². The summed E-state index contributed by atoms with van der Waals surface area (Å²) in [5, 5.41) is 2.83. The van der Waals surface area contributed by atoms with Crippen molar-refractivity contribution in [2.75, 3.05) is 19.8 Å². The van der Waals surface area contributed by atoms with E-state index in [-0.39, 0.29) is 12.5 Å². The maximum atomic E-state index is 11.9. The van der Waals surface area contributed by atoms with Gasteiger partial charge in [0.25, 0.3) is 5.91 Å². The topological polar surface area (TPSA) is 56.8 Å². The molecular formula is C18H19NO4. The van der Waals surface area contributed by atoms with E-state index >= 15 is 0 Å². The second kappa shape index (κ2) is 7.05. The molecule has 0 atom stereocenters. The fraction of sp³-hybridized carbons (Fsp3) is 0.278. The summed E-state index contributed by atoms with van der Waals surface area (Å²) in [5.74, 6) is 1.99. The minimum Gasteiger partial charge on any atom is -0.486 e. The predicted octanol–water partition coefficient (Wildman–Crippen LogP) is 2.46. The van der Waals surface area contributed by atoms with E-state index in [9.17, 15) is 4.79 Å². The monoisotopic (exact) mass is 313 g/mol. The van der Waals surface area contributed by atoms with E-state index in [2.05, 4.69) is 5.32 Å². The Hall–Kier alpha value is -2.69. The molecule has 0 fully saturated rings. The van der Waals surface area contributed by atoms with Crippen molar-refractivity contribution < 1.29 is 19.0 Å². The van der Waals surface area contributed by atoms with E-state index in [0.29, 0.717) is 25.5 Å². The molecule has 0 bridgehead atoms. The number of carbonyl (C=O) groups excluding carboxylic acids is 1. The van der Waals surface area contributed by atoms with Crippen molar-refractivity contribution in [1.29, 1.82) is 0 Å². The minimum atomic E-state index is -0.165. The van der Waals surface area contributed by atoms with E-state index in [1.165, 1.54) is 0 Å². The van der Waals surface area contributed by atoms with Crippen molar-refractivity contribution in [2.24, 2.45) is 0 Å². The number of nitrogens with one attached hydrogen (secondary N) is 1. The lowest BCUT2D eigenvalue weighted by molar-refractivity contribution is -0.123. The van der Waals surface area contributed by atoms with Crippen LogP contribution in [0.5, 0.6) is 17.2 Å².